The molecular formula is C83H107N5O2Zn. The number of aromatic nitrogens is 4. The molecule has 4 atom stereocenters. The van der Waals surface area contributed by atoms with Crippen molar-refractivity contribution in [2.75, 3.05) is 18.0 Å². The van der Waals surface area contributed by atoms with Gasteiger partial charge in [0.05, 0.1) is 28.3 Å². The van der Waals surface area contributed by atoms with E-state index in [0.29, 0.717) is 29.2 Å². The van der Waals surface area contributed by atoms with Crippen LogP contribution in [0.1, 0.15) is 268 Å². The number of hydrogen-bond acceptors (Lipinski definition) is 5. The van der Waals surface area contributed by atoms with Crippen molar-refractivity contribution in [1.29, 1.82) is 0 Å². The van der Waals surface area contributed by atoms with E-state index in [1.165, 1.54) is 188 Å². The number of hydrogen-bond donors (Lipinski definition) is 0. The van der Waals surface area contributed by atoms with Crippen LogP contribution >= 0.6 is 0 Å². The van der Waals surface area contributed by atoms with Gasteiger partial charge in [0, 0.05) is 18.8 Å². The van der Waals surface area contributed by atoms with Gasteiger partial charge in [-0.05, 0) is 156 Å². The minimum atomic E-state index is -0.313. The molecule has 6 aromatic rings. The number of anilines is 1. The van der Waals surface area contributed by atoms with Crippen LogP contribution in [0.15, 0.2) is 109 Å². The Balaban J connectivity index is 0.00000980. The molecule has 0 spiro atoms. The first-order chi connectivity index (χ1) is 44.4. The topological polar surface area (TPSA) is 83.5 Å². The van der Waals surface area contributed by atoms with E-state index < -0.39 is 0 Å². The summed E-state index contributed by atoms with van der Waals surface area (Å²) in [5.41, 5.74) is 17.6. The Morgan fingerprint density at radius 1 is 0.495 bits per heavy atom. The molecule has 4 aliphatic rings. The number of esters is 1. The van der Waals surface area contributed by atoms with Gasteiger partial charge in [-0.1, -0.05) is 273 Å². The SMILES string of the molecule is CCCCCCCCCCCc1c2nc(c(CCCCCCCCCCC)c3ccc([n-]3)c(-c3ccc(COC(=O)c4ccc(N5C[C@@H]6[C@H](C5)[C@H](/C=C/c5ccccc5)C[C@@H]6C)cc4)cc3)c3nc(c(CCCCCCCCCCC)c4ccc1[n-]4)C=C3)C=C2.[Zn+2]. The van der Waals surface area contributed by atoms with Gasteiger partial charge in [0.2, 0.25) is 0 Å². The molecule has 8 bridgehead atoms. The zero-order valence-electron chi connectivity index (χ0n) is 56.4. The van der Waals surface area contributed by atoms with Crippen molar-refractivity contribution in [3.8, 4) is 11.1 Å². The molecule has 0 amide bonds. The van der Waals surface area contributed by atoms with Crippen molar-refractivity contribution < 1.29 is 29.0 Å². The smallest absolute Gasteiger partial charge is 0.657 e. The Morgan fingerprint density at radius 2 is 0.923 bits per heavy atom. The number of fused-ring (bicyclic) bond motifs is 9. The molecule has 0 N–H and O–H groups in total. The summed E-state index contributed by atoms with van der Waals surface area (Å²) in [6.07, 6.45) is 52.5. The van der Waals surface area contributed by atoms with Crippen molar-refractivity contribution in [2.45, 2.75) is 233 Å². The van der Waals surface area contributed by atoms with Crippen molar-refractivity contribution in [3.63, 3.8) is 0 Å². The fourth-order valence-corrected chi connectivity index (χ4v) is 14.9. The summed E-state index contributed by atoms with van der Waals surface area (Å²) in [5, 5.41) is 0. The van der Waals surface area contributed by atoms with E-state index in [4.69, 9.17) is 24.7 Å². The van der Waals surface area contributed by atoms with Crippen LogP contribution in [0.25, 0.3) is 63.6 Å². The zero-order valence-corrected chi connectivity index (χ0v) is 59.4. The van der Waals surface area contributed by atoms with Crippen molar-refractivity contribution in [1.82, 2.24) is 19.9 Å². The monoisotopic (exact) mass is 1270 g/mol. The van der Waals surface area contributed by atoms with Crippen LogP contribution in [-0.2, 0) is 50.1 Å². The minimum Gasteiger partial charge on any atom is -0.657 e. The molecule has 0 unspecified atom stereocenters. The number of aryl methyl sites for hydroxylation is 3. The molecule has 3 aliphatic heterocycles. The fraction of sp³-hybridized carbons (Fsp3) is 0.506. The zero-order chi connectivity index (χ0) is 62.1. The molecule has 0 radical (unpaired) electrons. The van der Waals surface area contributed by atoms with Gasteiger partial charge in [0.25, 0.3) is 0 Å². The molecule has 478 valence electrons. The van der Waals surface area contributed by atoms with Crippen LogP contribution in [0.5, 0.6) is 0 Å². The first kappa shape index (κ1) is 69.2. The molecule has 10 rings (SSSR count). The maximum absolute atomic E-state index is 13.7. The summed E-state index contributed by atoms with van der Waals surface area (Å²) in [4.78, 5) is 38.5. The van der Waals surface area contributed by atoms with Crippen LogP contribution in [0.2, 0.25) is 0 Å². The number of ether oxygens (including phenoxy) is 1. The molecule has 1 saturated heterocycles. The third kappa shape index (κ3) is 19.7. The third-order valence-corrected chi connectivity index (χ3v) is 20.3. The first-order valence-corrected chi connectivity index (χ1v) is 36.2. The van der Waals surface area contributed by atoms with Crippen LogP contribution in [0.4, 0.5) is 5.69 Å². The summed E-state index contributed by atoms with van der Waals surface area (Å²) < 4.78 is 6.03. The Morgan fingerprint density at radius 3 is 1.42 bits per heavy atom. The largest absolute Gasteiger partial charge is 2.00 e. The van der Waals surface area contributed by atoms with E-state index in [0.717, 1.165) is 113 Å². The second kappa shape index (κ2) is 37.0. The molecule has 3 aromatic heterocycles. The average Bonchev–Trinajstić information content (AvgIpc) is 1.67. The van der Waals surface area contributed by atoms with Gasteiger partial charge in [-0.15, -0.1) is 22.1 Å². The Hall–Kier alpha value is -6.11. The van der Waals surface area contributed by atoms with Gasteiger partial charge in [0.15, 0.2) is 0 Å². The molecule has 6 heterocycles. The summed E-state index contributed by atoms with van der Waals surface area (Å²) in [5.74, 6) is 2.26. The average molecular weight is 1270 g/mol. The molecule has 1 saturated carbocycles. The number of unbranched alkanes of at least 4 members (excludes halogenated alkanes) is 24. The van der Waals surface area contributed by atoms with E-state index in [1.807, 2.05) is 12.1 Å². The number of carbonyl (C=O) groups excluding carboxylic acids is 1. The van der Waals surface area contributed by atoms with Crippen LogP contribution < -0.4 is 14.9 Å². The van der Waals surface area contributed by atoms with Crippen LogP contribution in [-0.4, -0.2) is 29.0 Å². The summed E-state index contributed by atoms with van der Waals surface area (Å²) in [7, 11) is 0. The molecule has 2 fully saturated rings. The maximum Gasteiger partial charge on any atom is 2.00 e. The maximum atomic E-state index is 13.7. The van der Waals surface area contributed by atoms with Crippen LogP contribution in [0, 0.1) is 23.7 Å². The van der Waals surface area contributed by atoms with Gasteiger partial charge < -0.3 is 19.6 Å². The van der Waals surface area contributed by atoms with Gasteiger partial charge in [-0.2, -0.15) is 0 Å². The Kier molecular flexibility index (Phi) is 28.1. The molecule has 7 nitrogen and oxygen atoms in total. The predicted molar refractivity (Wildman–Crippen MR) is 383 cm³/mol. The molecule has 91 heavy (non-hydrogen) atoms. The van der Waals surface area contributed by atoms with Crippen molar-refractivity contribution >= 4 is 64.1 Å². The fourth-order valence-electron chi connectivity index (χ4n) is 14.9. The van der Waals surface area contributed by atoms with E-state index in [2.05, 4.69) is 160 Å². The number of benzene rings is 3. The van der Waals surface area contributed by atoms with E-state index in [1.54, 1.807) is 0 Å². The molecule has 3 aromatic carbocycles. The molecule has 1 aliphatic carbocycles. The van der Waals surface area contributed by atoms with Gasteiger partial charge >= 0.3 is 25.4 Å². The second-order valence-corrected chi connectivity index (χ2v) is 27.1. The van der Waals surface area contributed by atoms with E-state index >= 15 is 0 Å². The molecule has 8 heteroatoms. The first-order valence-electron chi connectivity index (χ1n) is 36.2. The standard InChI is InChI=1S/C83H107N5O2.Zn/c1-5-8-11-14-17-20-23-26-32-37-69-74-50-52-76(84-74)70(38-33-27-24-21-18-15-12-9-6-2)78-54-56-80(86-78)82(81-57-55-79(87-81)71(77-53-51-75(69)85-77)39-34-28-25-22-19-16-13-10-7-3)65-43-41-64(42-44-65)61-90-83(89)66-46-48-68(49-47-66)88-59-72-62(4)58-67(73(72)60-88)45-40-63-35-30-29-31-36-63;/h29-31,35-36,40-57,62,67,72-73H,5-28,32-34,37-39,58-61H2,1-4H3;/q-2;+2/b45-40+,74-69?,75-69?,76-70?,77-71?,78-70?,79-71?,82-80?,82-81?;/t62-,67+,72-,73+;/m0./s1. The summed E-state index contributed by atoms with van der Waals surface area (Å²) in [6.45, 7) is 11.6. The summed E-state index contributed by atoms with van der Waals surface area (Å²) >= 11 is 0. The Labute approximate surface area is 561 Å². The number of carbonyl (C=O) groups is 1. The third-order valence-electron chi connectivity index (χ3n) is 20.3. The van der Waals surface area contributed by atoms with Crippen molar-refractivity contribution in [3.05, 3.63) is 165 Å². The Bertz CT molecular complexity index is 3420. The van der Waals surface area contributed by atoms with Gasteiger partial charge in [0.1, 0.15) is 6.61 Å². The number of allylic oxidation sites excluding steroid dienone is 1. The second-order valence-electron chi connectivity index (χ2n) is 27.1. The quantitative estimate of drug-likeness (QED) is 0.0218. The predicted octanol–water partition coefficient (Wildman–Crippen LogP) is 22.6. The van der Waals surface area contributed by atoms with Gasteiger partial charge in [-0.3, -0.25) is 0 Å². The summed E-state index contributed by atoms with van der Waals surface area (Å²) in [6, 6.07) is 36.2. The van der Waals surface area contributed by atoms with Crippen molar-refractivity contribution in [2.24, 2.45) is 23.7 Å². The normalized spacial score (nSPS) is 16.7. The number of nitrogens with zero attached hydrogens (tertiary/aromatic N) is 5. The van der Waals surface area contributed by atoms with Gasteiger partial charge in [-0.25, -0.2) is 14.8 Å². The van der Waals surface area contributed by atoms with E-state index in [-0.39, 0.29) is 32.1 Å². The molecular weight excluding hydrogens is 1160 g/mol. The van der Waals surface area contributed by atoms with E-state index in [9.17, 15) is 4.79 Å². The number of rotatable bonds is 37. The van der Waals surface area contributed by atoms with Crippen LogP contribution in [0.3, 0.4) is 0 Å². The minimum absolute atomic E-state index is 0.